The van der Waals surface area contributed by atoms with Crippen molar-refractivity contribution in [2.75, 3.05) is 58.9 Å². The van der Waals surface area contributed by atoms with Gasteiger partial charge in [0, 0.05) is 116 Å². The summed E-state index contributed by atoms with van der Waals surface area (Å²) in [5.41, 5.74) is 12.8. The quantitative estimate of drug-likeness (QED) is 0.0880. The Balaban J connectivity index is 0.000000112. The van der Waals surface area contributed by atoms with Gasteiger partial charge in [-0.15, -0.1) is 0 Å². The van der Waals surface area contributed by atoms with E-state index >= 15 is 0 Å². The molecule has 12 bridgehead atoms. The van der Waals surface area contributed by atoms with Gasteiger partial charge in [0.05, 0.1) is 52.7 Å². The molecule has 21 rings (SSSR count). The summed E-state index contributed by atoms with van der Waals surface area (Å²) in [7, 11) is 0. The summed E-state index contributed by atoms with van der Waals surface area (Å²) in [6, 6.07) is 34.5. The molecule has 1 amide bonds. The van der Waals surface area contributed by atoms with Crippen molar-refractivity contribution in [3.63, 3.8) is 0 Å². The number of aliphatic carboxylic acids is 2. The number of amides is 1. The number of primary amides is 1. The van der Waals surface area contributed by atoms with E-state index in [1.807, 2.05) is 4.90 Å². The van der Waals surface area contributed by atoms with E-state index in [9.17, 15) is 24.6 Å². The summed E-state index contributed by atoms with van der Waals surface area (Å²) >= 11 is 0. The van der Waals surface area contributed by atoms with E-state index in [1.165, 1.54) is 265 Å². The number of para-hydroxylation sites is 6. The maximum Gasteiger partial charge on any atom is 0.317 e. The Labute approximate surface area is 661 Å². The molecule has 6 aromatic rings. The minimum absolute atomic E-state index is 0.142. The van der Waals surface area contributed by atoms with Crippen LogP contribution in [0.4, 0.5) is 0 Å². The van der Waals surface area contributed by atoms with Crippen LogP contribution in [0.1, 0.15) is 304 Å². The summed E-state index contributed by atoms with van der Waals surface area (Å²) in [4.78, 5) is 65.4. The van der Waals surface area contributed by atoms with Crippen LogP contribution in [-0.2, 0) is 14.4 Å². The molecule has 15 aliphatic rings. The minimum Gasteiger partial charge on any atom is -0.480 e. The number of hydrogen-bond acceptors (Lipinski definition) is 12. The number of imidazole rings is 3. The van der Waals surface area contributed by atoms with E-state index in [1.54, 1.807) is 0 Å². The molecule has 9 aliphatic heterocycles. The molecule has 18 heteroatoms. The molecule has 0 radical (unpaired) electrons. The summed E-state index contributed by atoms with van der Waals surface area (Å²) in [5, 5.41) is 18.5. The number of aromatic nitrogens is 6. The minimum atomic E-state index is -0.732. The highest BCUT2D eigenvalue weighted by Crippen LogP contribution is 2.53. The molecule has 6 unspecified atom stereocenters. The van der Waals surface area contributed by atoms with Gasteiger partial charge in [-0.3, -0.25) is 43.8 Å². The third kappa shape index (κ3) is 16.0. The van der Waals surface area contributed by atoms with E-state index in [0.717, 1.165) is 141 Å². The van der Waals surface area contributed by atoms with Gasteiger partial charge in [0.25, 0.3) is 0 Å². The lowest BCUT2D eigenvalue weighted by Gasteiger charge is -2.55. The number of carboxylic acid groups (broad SMARTS) is 2. The fourth-order valence-electron chi connectivity index (χ4n) is 28.2. The summed E-state index contributed by atoms with van der Waals surface area (Å²) in [6.45, 7) is 5.79. The molecule has 12 heterocycles. The van der Waals surface area contributed by atoms with E-state index in [-0.39, 0.29) is 19.0 Å². The van der Waals surface area contributed by atoms with Gasteiger partial charge in [0.1, 0.15) is 17.5 Å². The Kier molecular flexibility index (Phi) is 22.4. The third-order valence-corrected chi connectivity index (χ3v) is 32.2. The van der Waals surface area contributed by atoms with E-state index in [2.05, 4.69) is 111 Å². The molecule has 18 nitrogen and oxygen atoms in total. The highest BCUT2D eigenvalue weighted by molar-refractivity contribution is 5.79. The van der Waals surface area contributed by atoms with Crippen molar-refractivity contribution in [3.05, 3.63) is 90.3 Å². The topological polar surface area (TPSA) is 191 Å². The van der Waals surface area contributed by atoms with Gasteiger partial charge < -0.3 is 29.6 Å². The summed E-state index contributed by atoms with van der Waals surface area (Å²) < 4.78 is 7.92. The molecule has 9 saturated heterocycles. The number of carbonyl (C=O) groups is 3. The number of carboxylic acids is 2. The Morgan fingerprint density at radius 3 is 0.955 bits per heavy atom. The average molecular weight is 1510 g/mol. The first-order valence-electron chi connectivity index (χ1n) is 46.0. The maximum absolute atomic E-state index is 11.7. The van der Waals surface area contributed by atoms with Crippen LogP contribution in [0.25, 0.3) is 33.1 Å². The molecule has 20 atom stereocenters. The van der Waals surface area contributed by atoms with Gasteiger partial charge in [-0.25, -0.2) is 15.0 Å². The van der Waals surface area contributed by atoms with E-state index in [0.29, 0.717) is 66.6 Å². The van der Waals surface area contributed by atoms with Crippen molar-refractivity contribution < 1.29 is 24.6 Å². The molecule has 0 spiro atoms. The smallest absolute Gasteiger partial charge is 0.317 e. The predicted octanol–water partition coefficient (Wildman–Crippen LogP) is 16.9. The van der Waals surface area contributed by atoms with Crippen molar-refractivity contribution in [1.29, 1.82) is 0 Å². The van der Waals surface area contributed by atoms with Crippen LogP contribution in [-0.4, -0.2) is 199 Å². The largest absolute Gasteiger partial charge is 0.480 e. The first kappa shape index (κ1) is 75.3. The van der Waals surface area contributed by atoms with Crippen LogP contribution in [0, 0.1) is 35.5 Å². The van der Waals surface area contributed by atoms with Crippen LogP contribution >= 0.6 is 0 Å². The fraction of sp³-hybridized carbons (Fsp3) is 0.742. The van der Waals surface area contributed by atoms with Crippen LogP contribution in [0.2, 0.25) is 0 Å². The number of rotatable bonds is 15. The monoisotopic (exact) mass is 1510 g/mol. The first-order chi connectivity index (χ1) is 54.4. The SMILES string of the molecule is NC(=O)CN1CCC[C@H](c2nc3ccccc3n2C2C[C@H]3CCC[C@@H](C2)N3C2C[C@H]3CCCC[C@@H](C2)C3)C1.O=C(O)CN1CC(c2nc3ccccc3n2C2C[C@H]3CCC[C@@H](C2)N3C2C[C@H]3CCCC[C@@H](C2)C3)C1.O=C(O)CN1CC[C@H](c2nc3ccccc3n2C2C[C@H]3CCC[C@@H](C2)N3C2C[C@H]3CCCC[C@@H](C2)C3)C1. The number of fused-ring (bicyclic) bond motifs is 15. The number of nitrogens with zero attached hydrogens (tertiary/aromatic N) is 12. The molecule has 6 saturated carbocycles. The fourth-order valence-corrected chi connectivity index (χ4v) is 28.2. The van der Waals surface area contributed by atoms with E-state index in [4.69, 9.17) is 20.7 Å². The van der Waals surface area contributed by atoms with Gasteiger partial charge in [-0.2, -0.15) is 0 Å². The second kappa shape index (κ2) is 33.1. The van der Waals surface area contributed by atoms with Gasteiger partial charge in [0.2, 0.25) is 5.91 Å². The average Bonchev–Trinajstić information content (AvgIpc) is 1.69. The Hall–Kier alpha value is -5.76. The summed E-state index contributed by atoms with van der Waals surface area (Å²) in [5.74, 6) is 8.93. The zero-order valence-electron chi connectivity index (χ0n) is 67.1. The highest BCUT2D eigenvalue weighted by atomic mass is 16.4. The normalized spacial score (nSPS) is 36.5. The standard InChI is InChI=1S/C32H47N5O.C31H44N4O2.C30H42N4O2/c33-31(38)21-35-14-6-9-24(20-35)32-34-29-12-3-4-13-30(29)37(32)28-18-25-10-5-11-26(19-28)36(25)27-16-22-7-1-2-8-23(15-22)17-27;36-30(37)20-33-13-12-23(19-33)31-32-28-10-3-4-11-29(28)35(31)27-17-24-8-5-9-25(18-27)34(24)26-15-21-6-1-2-7-22(14-21)16-26;35-29(36)19-32-17-22(18-32)30-31-27-10-3-4-11-28(27)34(30)26-15-23-8-5-9-24(16-26)33(23)25-13-20-6-1-2-7-21(12-20)14-25/h3-4,12-13,22-28H,1-2,5-11,14-21H2,(H2,33,38);3-4,10-11,21-27H,1-2,5-9,12-20H2,(H,36,37);3-4,10-11,20-26H,1-2,5-9,12-19H2,(H,35,36)/t22-,23+,24-,25-,26+,27?,28?;21-,22+,23-,24-,25+,26?,27?;20-,21+,23-,24+,25?,26?/m00./s1. The van der Waals surface area contributed by atoms with Crippen LogP contribution in [0.3, 0.4) is 0 Å². The molecule has 600 valence electrons. The lowest BCUT2D eigenvalue weighted by molar-refractivity contribution is -0.140. The Morgan fingerprint density at radius 1 is 0.306 bits per heavy atom. The van der Waals surface area contributed by atoms with Gasteiger partial charge in [0.15, 0.2) is 0 Å². The third-order valence-electron chi connectivity index (χ3n) is 32.2. The zero-order chi connectivity index (χ0) is 74.8. The lowest BCUT2D eigenvalue weighted by Crippen LogP contribution is -2.58. The summed E-state index contributed by atoms with van der Waals surface area (Å²) in [6.07, 6.45) is 54.1. The number of benzene rings is 3. The number of hydrogen-bond donors (Lipinski definition) is 3. The van der Waals surface area contributed by atoms with Gasteiger partial charge in [-0.05, 0) is 239 Å². The number of piperidine rings is 7. The van der Waals surface area contributed by atoms with Gasteiger partial charge in [-0.1, -0.05) is 133 Å². The highest BCUT2D eigenvalue weighted by Gasteiger charge is 2.51. The Morgan fingerprint density at radius 2 is 0.613 bits per heavy atom. The first-order valence-corrected chi connectivity index (χ1v) is 46.0. The number of likely N-dealkylation sites (tertiary alicyclic amines) is 3. The van der Waals surface area contributed by atoms with Crippen molar-refractivity contribution in [3.8, 4) is 0 Å². The lowest BCUT2D eigenvalue weighted by atomic mass is 9.73. The molecule has 3 aromatic heterocycles. The van der Waals surface area contributed by atoms with Crippen LogP contribution in [0.15, 0.2) is 72.8 Å². The second-order valence-electron chi connectivity index (χ2n) is 39.5. The zero-order valence-corrected chi connectivity index (χ0v) is 67.1. The number of nitrogens with two attached hydrogens (primary N) is 1. The van der Waals surface area contributed by atoms with Crippen LogP contribution in [0.5, 0.6) is 0 Å². The van der Waals surface area contributed by atoms with Crippen molar-refractivity contribution >= 4 is 50.9 Å². The predicted molar refractivity (Wildman–Crippen MR) is 439 cm³/mol. The van der Waals surface area contributed by atoms with Crippen LogP contribution < -0.4 is 5.73 Å². The van der Waals surface area contributed by atoms with Gasteiger partial charge >= 0.3 is 11.9 Å². The van der Waals surface area contributed by atoms with E-state index < -0.39 is 11.9 Å². The molecular formula is C93H133N13O5. The molecule has 6 aliphatic carbocycles. The number of carbonyl (C=O) groups excluding carboxylic acids is 1. The van der Waals surface area contributed by atoms with Crippen molar-refractivity contribution in [2.24, 2.45) is 41.2 Å². The Bertz CT molecular complexity index is 4130. The molecule has 3 aromatic carbocycles. The molecular weight excluding hydrogens is 1380 g/mol. The van der Waals surface area contributed by atoms with Crippen molar-refractivity contribution in [1.82, 2.24) is 58.1 Å². The molecule has 4 N–H and O–H groups in total. The molecule has 111 heavy (non-hydrogen) atoms. The maximum atomic E-state index is 11.7. The second-order valence-corrected chi connectivity index (χ2v) is 39.5. The molecule has 15 fully saturated rings. The van der Waals surface area contributed by atoms with Crippen molar-refractivity contribution in [2.45, 2.75) is 341 Å².